The molecule has 0 saturated carbocycles. The first kappa shape index (κ1) is 12.0. The van der Waals surface area contributed by atoms with E-state index in [2.05, 4.69) is 10.3 Å². The smallest absolute Gasteiger partial charge is 0.149 e. The van der Waals surface area contributed by atoms with Crippen LogP contribution >= 0.6 is 0 Å². The van der Waals surface area contributed by atoms with Crippen LogP contribution in [0.5, 0.6) is 0 Å². The molecule has 5 heteroatoms. The van der Waals surface area contributed by atoms with Crippen molar-refractivity contribution in [1.29, 1.82) is 5.26 Å². The molecular formula is C13H9F2N3. The summed E-state index contributed by atoms with van der Waals surface area (Å²) in [5.41, 5.74) is 1.14. The molecule has 0 atom stereocenters. The van der Waals surface area contributed by atoms with Crippen molar-refractivity contribution in [2.75, 3.05) is 5.32 Å². The summed E-state index contributed by atoms with van der Waals surface area (Å²) in [6.45, 7) is 1.69. The van der Waals surface area contributed by atoms with Crippen molar-refractivity contribution in [1.82, 2.24) is 4.98 Å². The largest absolute Gasteiger partial charge is 0.338 e. The molecule has 3 nitrogen and oxygen atoms in total. The van der Waals surface area contributed by atoms with Crippen LogP contribution in [0.25, 0.3) is 0 Å². The van der Waals surface area contributed by atoms with Crippen molar-refractivity contribution < 1.29 is 8.78 Å². The van der Waals surface area contributed by atoms with Crippen LogP contribution in [0.1, 0.15) is 11.3 Å². The van der Waals surface area contributed by atoms with Gasteiger partial charge in [-0.25, -0.2) is 13.8 Å². The Morgan fingerprint density at radius 2 is 2.00 bits per heavy atom. The molecule has 0 saturated heterocycles. The zero-order valence-electron chi connectivity index (χ0n) is 9.54. The summed E-state index contributed by atoms with van der Waals surface area (Å²) >= 11 is 0. The van der Waals surface area contributed by atoms with Crippen LogP contribution < -0.4 is 5.32 Å². The van der Waals surface area contributed by atoms with Gasteiger partial charge in [0.2, 0.25) is 0 Å². The Labute approximate surface area is 103 Å². The van der Waals surface area contributed by atoms with Gasteiger partial charge < -0.3 is 5.32 Å². The van der Waals surface area contributed by atoms with Crippen molar-refractivity contribution in [3.63, 3.8) is 0 Å². The van der Waals surface area contributed by atoms with E-state index in [4.69, 9.17) is 5.26 Å². The number of pyridine rings is 1. The summed E-state index contributed by atoms with van der Waals surface area (Å²) < 4.78 is 26.1. The Hall–Kier alpha value is -2.48. The van der Waals surface area contributed by atoms with E-state index in [9.17, 15) is 8.78 Å². The molecular weight excluding hydrogens is 236 g/mol. The average molecular weight is 245 g/mol. The monoisotopic (exact) mass is 245 g/mol. The van der Waals surface area contributed by atoms with Crippen molar-refractivity contribution in [3.8, 4) is 6.07 Å². The lowest BCUT2D eigenvalue weighted by Crippen LogP contribution is -1.99. The molecule has 0 aliphatic rings. The van der Waals surface area contributed by atoms with Gasteiger partial charge in [0.1, 0.15) is 23.5 Å². The van der Waals surface area contributed by atoms with Gasteiger partial charge in [-0.05, 0) is 31.2 Å². The quantitative estimate of drug-likeness (QED) is 0.883. The first-order chi connectivity index (χ1) is 8.60. The van der Waals surface area contributed by atoms with Crippen LogP contribution in [0.4, 0.5) is 20.3 Å². The van der Waals surface area contributed by atoms with Crippen LogP contribution in [0.3, 0.4) is 0 Å². The van der Waals surface area contributed by atoms with Crippen molar-refractivity contribution in [3.05, 3.63) is 53.2 Å². The van der Waals surface area contributed by atoms with E-state index in [1.807, 2.05) is 6.07 Å². The van der Waals surface area contributed by atoms with Crippen molar-refractivity contribution >= 4 is 11.5 Å². The molecule has 0 fully saturated rings. The molecule has 0 unspecified atom stereocenters. The summed E-state index contributed by atoms with van der Waals surface area (Å²) in [5.74, 6) is -0.933. The summed E-state index contributed by atoms with van der Waals surface area (Å²) in [4.78, 5) is 4.11. The molecule has 0 radical (unpaired) electrons. The molecule has 1 heterocycles. The van der Waals surface area contributed by atoms with Gasteiger partial charge in [0.15, 0.2) is 0 Å². The highest BCUT2D eigenvalue weighted by molar-refractivity contribution is 5.57. The second kappa shape index (κ2) is 4.80. The molecule has 90 valence electrons. The maximum absolute atomic E-state index is 13.4. The minimum atomic E-state index is -0.696. The number of benzene rings is 1. The number of hydrogen-bond acceptors (Lipinski definition) is 3. The number of halogens is 2. The number of rotatable bonds is 2. The fourth-order valence-electron chi connectivity index (χ4n) is 1.48. The third-order valence-electron chi connectivity index (χ3n) is 2.40. The minimum absolute atomic E-state index is 0.132. The SMILES string of the molecule is Cc1nc(Nc2ccc(F)cc2F)ccc1C#N. The molecule has 1 aromatic carbocycles. The number of nitriles is 1. The minimum Gasteiger partial charge on any atom is -0.338 e. The van der Waals surface area contributed by atoms with E-state index in [-0.39, 0.29) is 5.69 Å². The van der Waals surface area contributed by atoms with Crippen LogP contribution in [-0.4, -0.2) is 4.98 Å². The van der Waals surface area contributed by atoms with Gasteiger partial charge in [0.05, 0.1) is 16.9 Å². The first-order valence-corrected chi connectivity index (χ1v) is 5.20. The van der Waals surface area contributed by atoms with Crippen molar-refractivity contribution in [2.45, 2.75) is 6.92 Å². The van der Waals surface area contributed by atoms with Gasteiger partial charge in [-0.2, -0.15) is 5.26 Å². The number of hydrogen-bond donors (Lipinski definition) is 1. The van der Waals surface area contributed by atoms with E-state index < -0.39 is 11.6 Å². The predicted molar refractivity (Wildman–Crippen MR) is 63.3 cm³/mol. The fourth-order valence-corrected chi connectivity index (χ4v) is 1.48. The fraction of sp³-hybridized carbons (Fsp3) is 0.0769. The maximum atomic E-state index is 13.4. The second-order valence-corrected chi connectivity index (χ2v) is 3.69. The van der Waals surface area contributed by atoms with Gasteiger partial charge in [-0.1, -0.05) is 0 Å². The highest BCUT2D eigenvalue weighted by Gasteiger charge is 2.06. The maximum Gasteiger partial charge on any atom is 0.149 e. The second-order valence-electron chi connectivity index (χ2n) is 3.69. The molecule has 18 heavy (non-hydrogen) atoms. The summed E-state index contributed by atoms with van der Waals surface area (Å²) in [7, 11) is 0. The normalized spacial score (nSPS) is 9.89. The van der Waals surface area contributed by atoms with E-state index in [0.29, 0.717) is 17.1 Å². The average Bonchev–Trinajstić information content (AvgIpc) is 2.33. The predicted octanol–water partition coefficient (Wildman–Crippen LogP) is 3.28. The number of nitrogens with one attached hydrogen (secondary N) is 1. The molecule has 0 spiro atoms. The Balaban J connectivity index is 2.29. The van der Waals surface area contributed by atoms with Gasteiger partial charge in [-0.3, -0.25) is 0 Å². The third kappa shape index (κ3) is 2.43. The summed E-state index contributed by atoms with van der Waals surface area (Å²) in [6, 6.07) is 8.38. The zero-order valence-corrected chi connectivity index (χ0v) is 9.54. The highest BCUT2D eigenvalue weighted by Crippen LogP contribution is 2.20. The third-order valence-corrected chi connectivity index (χ3v) is 2.40. The van der Waals surface area contributed by atoms with Gasteiger partial charge in [0.25, 0.3) is 0 Å². The molecule has 1 N–H and O–H groups in total. The lowest BCUT2D eigenvalue weighted by Gasteiger charge is -2.07. The number of aryl methyl sites for hydroxylation is 1. The Morgan fingerprint density at radius 1 is 1.22 bits per heavy atom. The van der Waals surface area contributed by atoms with Gasteiger partial charge >= 0.3 is 0 Å². The molecule has 0 bridgehead atoms. The molecule has 0 aliphatic carbocycles. The topological polar surface area (TPSA) is 48.7 Å². The lowest BCUT2D eigenvalue weighted by molar-refractivity contribution is 0.586. The zero-order chi connectivity index (χ0) is 13.1. The highest BCUT2D eigenvalue weighted by atomic mass is 19.1. The standard InChI is InChI=1S/C13H9F2N3/c1-8-9(7-16)2-5-13(17-8)18-12-4-3-10(14)6-11(12)15/h2-6H,1H3,(H,17,18). The molecule has 0 aliphatic heterocycles. The van der Waals surface area contributed by atoms with E-state index >= 15 is 0 Å². The van der Waals surface area contributed by atoms with Crippen molar-refractivity contribution in [2.24, 2.45) is 0 Å². The van der Waals surface area contributed by atoms with E-state index in [1.54, 1.807) is 19.1 Å². The van der Waals surface area contributed by atoms with Crippen LogP contribution in [-0.2, 0) is 0 Å². The molecule has 2 aromatic rings. The Kier molecular flexibility index (Phi) is 3.20. The van der Waals surface area contributed by atoms with Crippen LogP contribution in [0, 0.1) is 29.9 Å². The van der Waals surface area contributed by atoms with Crippen LogP contribution in [0.15, 0.2) is 30.3 Å². The first-order valence-electron chi connectivity index (χ1n) is 5.20. The lowest BCUT2D eigenvalue weighted by atomic mass is 10.2. The van der Waals surface area contributed by atoms with Gasteiger partial charge in [0, 0.05) is 6.07 Å². The van der Waals surface area contributed by atoms with E-state index in [0.717, 1.165) is 12.1 Å². The summed E-state index contributed by atoms with van der Waals surface area (Å²) in [5, 5.41) is 11.5. The number of aromatic nitrogens is 1. The molecule has 2 rings (SSSR count). The molecule has 0 amide bonds. The van der Waals surface area contributed by atoms with Crippen LogP contribution in [0.2, 0.25) is 0 Å². The van der Waals surface area contributed by atoms with Gasteiger partial charge in [-0.15, -0.1) is 0 Å². The summed E-state index contributed by atoms with van der Waals surface area (Å²) in [6.07, 6.45) is 0. The Bertz CT molecular complexity index is 633. The Morgan fingerprint density at radius 3 is 2.61 bits per heavy atom. The number of anilines is 2. The molecule has 1 aromatic heterocycles. The van der Waals surface area contributed by atoms with E-state index in [1.165, 1.54) is 6.07 Å². The number of nitrogens with zero attached hydrogens (tertiary/aromatic N) is 2.